The molecule has 96 valence electrons. The fourth-order valence-corrected chi connectivity index (χ4v) is 2.02. The number of aryl methyl sites for hydroxylation is 1. The molecule has 0 aliphatic carbocycles. The van der Waals surface area contributed by atoms with Crippen LogP contribution in [0, 0.1) is 6.92 Å². The zero-order valence-electron chi connectivity index (χ0n) is 10.3. The van der Waals surface area contributed by atoms with Crippen LogP contribution >= 0.6 is 11.8 Å². The van der Waals surface area contributed by atoms with E-state index >= 15 is 0 Å². The van der Waals surface area contributed by atoms with Crippen LogP contribution in [0.1, 0.15) is 17.3 Å². The summed E-state index contributed by atoms with van der Waals surface area (Å²) in [6, 6.07) is 3.84. The molecule has 0 radical (unpaired) electrons. The summed E-state index contributed by atoms with van der Waals surface area (Å²) in [7, 11) is 1.68. The van der Waals surface area contributed by atoms with Crippen molar-refractivity contribution >= 4 is 23.9 Å². The summed E-state index contributed by atoms with van der Waals surface area (Å²) in [4.78, 5) is 4.32. The van der Waals surface area contributed by atoms with E-state index in [2.05, 4.69) is 15.2 Å². The first-order valence-corrected chi connectivity index (χ1v) is 6.55. The molecule has 2 aromatic heterocycles. The number of aromatic nitrogens is 3. The molecule has 0 spiro atoms. The Kier molecular flexibility index (Phi) is 4.60. The van der Waals surface area contributed by atoms with Gasteiger partial charge >= 0.3 is 0 Å². The zero-order valence-corrected chi connectivity index (χ0v) is 11.2. The Hall–Kier alpha value is -1.53. The first-order valence-electron chi connectivity index (χ1n) is 5.56. The highest BCUT2D eigenvalue weighted by Crippen LogP contribution is 2.13. The first-order chi connectivity index (χ1) is 8.78. The molecule has 2 rings (SSSR count). The average molecular weight is 265 g/mol. The van der Waals surface area contributed by atoms with Crippen LogP contribution in [0.25, 0.3) is 12.2 Å². The second-order valence-corrected chi connectivity index (χ2v) is 4.69. The molecule has 2 heterocycles. The third-order valence-corrected chi connectivity index (χ3v) is 2.98. The molecule has 2 aromatic rings. The molecule has 6 heteroatoms. The van der Waals surface area contributed by atoms with Crippen molar-refractivity contribution in [1.82, 2.24) is 15.2 Å². The molecule has 0 saturated heterocycles. The summed E-state index contributed by atoms with van der Waals surface area (Å²) in [6.45, 7) is 2.60. The van der Waals surface area contributed by atoms with Gasteiger partial charge in [0.25, 0.3) is 0 Å². The summed E-state index contributed by atoms with van der Waals surface area (Å²) in [5.74, 6) is 3.25. The van der Waals surface area contributed by atoms with Crippen molar-refractivity contribution in [1.29, 1.82) is 0 Å². The summed E-state index contributed by atoms with van der Waals surface area (Å²) >= 11 is 1.56. The Morgan fingerprint density at radius 1 is 1.44 bits per heavy atom. The SMILES string of the molecule is COCCSc1n[nH]c(C=Cc2ccc(C)o2)n1. The lowest BCUT2D eigenvalue weighted by Crippen LogP contribution is -1.91. The van der Waals surface area contributed by atoms with E-state index in [9.17, 15) is 0 Å². The molecule has 0 aromatic carbocycles. The number of nitrogens with zero attached hydrogens (tertiary/aromatic N) is 2. The second-order valence-electron chi connectivity index (χ2n) is 3.63. The van der Waals surface area contributed by atoms with Crippen molar-refractivity contribution in [2.45, 2.75) is 12.1 Å². The van der Waals surface area contributed by atoms with Gasteiger partial charge < -0.3 is 9.15 Å². The van der Waals surface area contributed by atoms with Crippen molar-refractivity contribution in [2.24, 2.45) is 0 Å². The van der Waals surface area contributed by atoms with Crippen LogP contribution in [0.15, 0.2) is 21.7 Å². The van der Waals surface area contributed by atoms with E-state index in [0.29, 0.717) is 12.4 Å². The second kappa shape index (κ2) is 6.42. The van der Waals surface area contributed by atoms with E-state index in [1.165, 1.54) is 0 Å². The summed E-state index contributed by atoms with van der Waals surface area (Å²) in [5.41, 5.74) is 0. The van der Waals surface area contributed by atoms with E-state index in [-0.39, 0.29) is 0 Å². The molecular weight excluding hydrogens is 250 g/mol. The van der Waals surface area contributed by atoms with Crippen LogP contribution < -0.4 is 0 Å². The Morgan fingerprint density at radius 3 is 3.06 bits per heavy atom. The number of ether oxygens (including phenoxy) is 1. The number of H-pyrrole nitrogens is 1. The number of aromatic amines is 1. The molecule has 18 heavy (non-hydrogen) atoms. The monoisotopic (exact) mass is 265 g/mol. The lowest BCUT2D eigenvalue weighted by atomic mass is 10.4. The number of hydrogen-bond acceptors (Lipinski definition) is 5. The summed E-state index contributed by atoms with van der Waals surface area (Å²) in [6.07, 6.45) is 3.70. The van der Waals surface area contributed by atoms with Crippen LogP contribution in [0.2, 0.25) is 0 Å². The van der Waals surface area contributed by atoms with Crippen LogP contribution in [0.3, 0.4) is 0 Å². The average Bonchev–Trinajstić information content (AvgIpc) is 2.96. The Bertz CT molecular complexity index is 519. The highest BCUT2D eigenvalue weighted by molar-refractivity contribution is 7.99. The van der Waals surface area contributed by atoms with Gasteiger partial charge in [-0.05, 0) is 31.2 Å². The third kappa shape index (κ3) is 3.75. The minimum absolute atomic E-state index is 0.691. The van der Waals surface area contributed by atoms with E-state index in [1.807, 2.05) is 31.2 Å². The fourth-order valence-electron chi connectivity index (χ4n) is 1.32. The largest absolute Gasteiger partial charge is 0.462 e. The van der Waals surface area contributed by atoms with Crippen LogP contribution in [-0.4, -0.2) is 34.7 Å². The molecule has 0 fully saturated rings. The molecule has 5 nitrogen and oxygen atoms in total. The highest BCUT2D eigenvalue weighted by Gasteiger charge is 2.01. The molecule has 0 aliphatic rings. The molecule has 0 amide bonds. The fraction of sp³-hybridized carbons (Fsp3) is 0.333. The number of rotatable bonds is 6. The quantitative estimate of drug-likeness (QED) is 0.642. The number of furan rings is 1. The van der Waals surface area contributed by atoms with E-state index in [4.69, 9.17) is 9.15 Å². The Balaban J connectivity index is 1.91. The van der Waals surface area contributed by atoms with Gasteiger partial charge in [-0.25, -0.2) is 4.98 Å². The van der Waals surface area contributed by atoms with Crippen molar-refractivity contribution in [2.75, 3.05) is 19.5 Å². The Morgan fingerprint density at radius 2 is 2.33 bits per heavy atom. The van der Waals surface area contributed by atoms with Gasteiger partial charge in [0.2, 0.25) is 5.16 Å². The van der Waals surface area contributed by atoms with Gasteiger partial charge in [0.15, 0.2) is 0 Å². The zero-order chi connectivity index (χ0) is 12.8. The van der Waals surface area contributed by atoms with Gasteiger partial charge in [0, 0.05) is 12.9 Å². The molecule has 1 N–H and O–H groups in total. The van der Waals surface area contributed by atoms with Crippen molar-refractivity contribution < 1.29 is 9.15 Å². The van der Waals surface area contributed by atoms with Gasteiger partial charge in [-0.15, -0.1) is 5.10 Å². The maximum atomic E-state index is 5.42. The van der Waals surface area contributed by atoms with E-state index < -0.39 is 0 Å². The van der Waals surface area contributed by atoms with Crippen LogP contribution in [0.5, 0.6) is 0 Å². The maximum absolute atomic E-state index is 5.42. The minimum Gasteiger partial charge on any atom is -0.462 e. The number of nitrogens with one attached hydrogen (secondary N) is 1. The highest BCUT2D eigenvalue weighted by atomic mass is 32.2. The molecule has 0 unspecified atom stereocenters. The predicted molar refractivity (Wildman–Crippen MR) is 71.4 cm³/mol. The summed E-state index contributed by atoms with van der Waals surface area (Å²) in [5, 5.41) is 7.68. The third-order valence-electron chi connectivity index (χ3n) is 2.17. The van der Waals surface area contributed by atoms with Gasteiger partial charge in [-0.2, -0.15) is 0 Å². The number of thioether (sulfide) groups is 1. The smallest absolute Gasteiger partial charge is 0.208 e. The molecule has 0 saturated carbocycles. The minimum atomic E-state index is 0.691. The lowest BCUT2D eigenvalue weighted by molar-refractivity contribution is 0.218. The van der Waals surface area contributed by atoms with Crippen molar-refractivity contribution in [3.05, 3.63) is 29.5 Å². The molecular formula is C12H15N3O2S. The van der Waals surface area contributed by atoms with Gasteiger partial charge in [0.1, 0.15) is 17.3 Å². The number of hydrogen-bond donors (Lipinski definition) is 1. The predicted octanol–water partition coefficient (Wildman–Crippen LogP) is 2.62. The van der Waals surface area contributed by atoms with Gasteiger partial charge in [-0.1, -0.05) is 11.8 Å². The van der Waals surface area contributed by atoms with Crippen molar-refractivity contribution in [3.8, 4) is 0 Å². The van der Waals surface area contributed by atoms with Crippen LogP contribution in [0.4, 0.5) is 0 Å². The Labute approximate surface area is 110 Å². The normalized spacial score (nSPS) is 11.4. The van der Waals surface area contributed by atoms with Gasteiger partial charge in [-0.3, -0.25) is 5.10 Å². The van der Waals surface area contributed by atoms with Crippen LogP contribution in [-0.2, 0) is 4.74 Å². The van der Waals surface area contributed by atoms with Crippen molar-refractivity contribution in [3.63, 3.8) is 0 Å². The molecule has 0 bridgehead atoms. The first kappa shape index (κ1) is 12.9. The summed E-state index contributed by atoms with van der Waals surface area (Å²) < 4.78 is 10.4. The van der Waals surface area contributed by atoms with E-state index in [0.717, 1.165) is 22.4 Å². The van der Waals surface area contributed by atoms with Gasteiger partial charge in [0.05, 0.1) is 6.61 Å². The van der Waals surface area contributed by atoms with E-state index in [1.54, 1.807) is 18.9 Å². The molecule has 0 atom stereocenters. The topological polar surface area (TPSA) is 63.9 Å². The lowest BCUT2D eigenvalue weighted by Gasteiger charge is -1.93. The number of methoxy groups -OCH3 is 1. The molecule has 0 aliphatic heterocycles. The maximum Gasteiger partial charge on any atom is 0.208 e. The standard InChI is InChI=1S/C12H15N3O2S/c1-9-3-4-10(17-9)5-6-11-13-12(15-14-11)18-8-7-16-2/h3-6H,7-8H2,1-2H3,(H,13,14,15).